The van der Waals surface area contributed by atoms with Gasteiger partial charge >= 0.3 is 0 Å². The van der Waals surface area contributed by atoms with Crippen molar-refractivity contribution in [2.45, 2.75) is 0 Å². The molecule has 0 aliphatic rings. The summed E-state index contributed by atoms with van der Waals surface area (Å²) in [6.07, 6.45) is 3.16. The maximum absolute atomic E-state index is 11.9. The van der Waals surface area contributed by atoms with E-state index < -0.39 is 0 Å². The minimum Gasteiger partial charge on any atom is -0.497 e. The van der Waals surface area contributed by atoms with Gasteiger partial charge in [-0.05, 0) is 71.1 Å². The molecule has 2 rings (SSSR count). The van der Waals surface area contributed by atoms with Gasteiger partial charge in [-0.15, -0.1) is 0 Å². The molecule has 3 nitrogen and oxygen atoms in total. The van der Waals surface area contributed by atoms with Crippen molar-refractivity contribution in [3.05, 3.63) is 69.9 Å². The SMILES string of the molecule is COc1ccc(C(=O)/C=C\Nc2ccc(I)cc2)cc1. The normalized spacial score (nSPS) is 10.5. The highest BCUT2D eigenvalue weighted by Gasteiger charge is 2.01. The van der Waals surface area contributed by atoms with E-state index >= 15 is 0 Å². The molecule has 1 N–H and O–H groups in total. The Morgan fingerprint density at radius 3 is 2.35 bits per heavy atom. The Hall–Kier alpha value is -1.82. The van der Waals surface area contributed by atoms with E-state index in [-0.39, 0.29) is 5.78 Å². The van der Waals surface area contributed by atoms with Gasteiger partial charge in [0, 0.05) is 27.1 Å². The number of carbonyl (C=O) groups excluding carboxylic acids is 1. The van der Waals surface area contributed by atoms with Gasteiger partial charge in [-0.1, -0.05) is 0 Å². The van der Waals surface area contributed by atoms with E-state index in [1.54, 1.807) is 37.6 Å². The molecule has 2 aromatic rings. The van der Waals surface area contributed by atoms with E-state index in [2.05, 4.69) is 27.9 Å². The summed E-state index contributed by atoms with van der Waals surface area (Å²) < 4.78 is 6.23. The number of hydrogen-bond acceptors (Lipinski definition) is 3. The van der Waals surface area contributed by atoms with Gasteiger partial charge in [-0.2, -0.15) is 0 Å². The van der Waals surface area contributed by atoms with Crippen LogP contribution in [0.25, 0.3) is 0 Å². The molecule has 0 aliphatic heterocycles. The van der Waals surface area contributed by atoms with Crippen LogP contribution in [0.3, 0.4) is 0 Å². The second-order valence-corrected chi connectivity index (χ2v) is 5.32. The molecule has 0 amide bonds. The molecule has 0 unspecified atom stereocenters. The van der Waals surface area contributed by atoms with Crippen molar-refractivity contribution >= 4 is 34.1 Å². The second-order valence-electron chi connectivity index (χ2n) is 4.08. The zero-order valence-electron chi connectivity index (χ0n) is 11.0. The van der Waals surface area contributed by atoms with Crippen molar-refractivity contribution < 1.29 is 9.53 Å². The molecule has 0 saturated carbocycles. The first-order chi connectivity index (χ1) is 9.69. The average molecular weight is 379 g/mol. The van der Waals surface area contributed by atoms with Crippen LogP contribution < -0.4 is 10.1 Å². The van der Waals surface area contributed by atoms with Crippen molar-refractivity contribution in [1.29, 1.82) is 0 Å². The molecule has 0 aliphatic carbocycles. The van der Waals surface area contributed by atoms with E-state index in [4.69, 9.17) is 4.74 Å². The maximum atomic E-state index is 11.9. The van der Waals surface area contributed by atoms with Gasteiger partial charge in [-0.25, -0.2) is 0 Å². The van der Waals surface area contributed by atoms with Crippen molar-refractivity contribution in [3.8, 4) is 5.75 Å². The summed E-state index contributed by atoms with van der Waals surface area (Å²) in [4.78, 5) is 11.9. The summed E-state index contributed by atoms with van der Waals surface area (Å²) >= 11 is 2.25. The number of hydrogen-bond donors (Lipinski definition) is 1. The zero-order chi connectivity index (χ0) is 14.4. The van der Waals surface area contributed by atoms with Crippen LogP contribution in [-0.4, -0.2) is 12.9 Å². The maximum Gasteiger partial charge on any atom is 0.187 e. The summed E-state index contributed by atoms with van der Waals surface area (Å²) in [6.45, 7) is 0. The molecular weight excluding hydrogens is 365 g/mol. The minimum atomic E-state index is -0.0503. The van der Waals surface area contributed by atoms with Crippen LogP contribution in [-0.2, 0) is 0 Å². The number of benzene rings is 2. The first-order valence-corrected chi connectivity index (χ1v) is 7.14. The Balaban J connectivity index is 1.96. The van der Waals surface area contributed by atoms with Crippen molar-refractivity contribution in [1.82, 2.24) is 0 Å². The number of nitrogens with one attached hydrogen (secondary N) is 1. The van der Waals surface area contributed by atoms with Gasteiger partial charge in [0.2, 0.25) is 0 Å². The summed E-state index contributed by atoms with van der Waals surface area (Å²) in [5.74, 6) is 0.688. The second kappa shape index (κ2) is 7.09. The summed E-state index contributed by atoms with van der Waals surface area (Å²) in [5.41, 5.74) is 1.58. The zero-order valence-corrected chi connectivity index (χ0v) is 13.1. The van der Waals surface area contributed by atoms with E-state index in [0.717, 1.165) is 11.4 Å². The quantitative estimate of drug-likeness (QED) is 0.483. The molecule has 0 aromatic heterocycles. The first kappa shape index (κ1) is 14.6. The number of ketones is 1. The van der Waals surface area contributed by atoms with E-state index in [1.807, 2.05) is 24.3 Å². The number of anilines is 1. The largest absolute Gasteiger partial charge is 0.497 e. The third kappa shape index (κ3) is 4.09. The van der Waals surface area contributed by atoms with Gasteiger partial charge in [0.15, 0.2) is 5.78 Å². The van der Waals surface area contributed by atoms with Gasteiger partial charge in [0.25, 0.3) is 0 Å². The first-order valence-electron chi connectivity index (χ1n) is 6.06. The smallest absolute Gasteiger partial charge is 0.187 e. The molecule has 20 heavy (non-hydrogen) atoms. The highest BCUT2D eigenvalue weighted by molar-refractivity contribution is 14.1. The fourth-order valence-electron chi connectivity index (χ4n) is 1.61. The number of allylic oxidation sites excluding steroid dienone is 1. The summed E-state index contributed by atoms with van der Waals surface area (Å²) in [7, 11) is 1.60. The number of ether oxygens (including phenoxy) is 1. The fourth-order valence-corrected chi connectivity index (χ4v) is 1.97. The van der Waals surface area contributed by atoms with Gasteiger partial charge < -0.3 is 10.1 Å². The highest BCUT2D eigenvalue weighted by atomic mass is 127. The van der Waals surface area contributed by atoms with Crippen molar-refractivity contribution in [3.63, 3.8) is 0 Å². The number of methoxy groups -OCH3 is 1. The van der Waals surface area contributed by atoms with Gasteiger partial charge in [-0.3, -0.25) is 4.79 Å². The van der Waals surface area contributed by atoms with E-state index in [9.17, 15) is 4.79 Å². The lowest BCUT2D eigenvalue weighted by molar-refractivity contribution is 0.104. The van der Waals surface area contributed by atoms with Crippen LogP contribution in [0.15, 0.2) is 60.8 Å². The fraction of sp³-hybridized carbons (Fsp3) is 0.0625. The van der Waals surface area contributed by atoms with Gasteiger partial charge in [0.1, 0.15) is 5.75 Å². The molecule has 4 heteroatoms. The molecule has 0 saturated heterocycles. The molecule has 2 aromatic carbocycles. The molecular formula is C16H14INO2. The predicted molar refractivity (Wildman–Crippen MR) is 89.2 cm³/mol. The molecule has 0 spiro atoms. The Labute approximate surface area is 131 Å². The third-order valence-electron chi connectivity index (χ3n) is 2.70. The lowest BCUT2D eigenvalue weighted by Crippen LogP contribution is -1.96. The lowest BCUT2D eigenvalue weighted by Gasteiger charge is -2.01. The molecule has 0 bridgehead atoms. The number of halogens is 1. The van der Waals surface area contributed by atoms with E-state index in [0.29, 0.717) is 5.56 Å². The number of rotatable bonds is 5. The molecule has 0 radical (unpaired) electrons. The highest BCUT2D eigenvalue weighted by Crippen LogP contribution is 2.13. The van der Waals surface area contributed by atoms with Crippen LogP contribution in [0.2, 0.25) is 0 Å². The Morgan fingerprint density at radius 2 is 1.75 bits per heavy atom. The molecule has 0 atom stereocenters. The van der Waals surface area contributed by atoms with Gasteiger partial charge in [0.05, 0.1) is 7.11 Å². The predicted octanol–water partition coefficient (Wildman–Crippen LogP) is 4.11. The summed E-state index contributed by atoms with van der Waals surface area (Å²) in [6, 6.07) is 15.0. The Morgan fingerprint density at radius 1 is 1.10 bits per heavy atom. The molecule has 0 fully saturated rings. The standard InChI is InChI=1S/C16H14INO2/c1-20-15-8-2-12(3-9-15)16(19)10-11-18-14-6-4-13(17)5-7-14/h2-11,18H,1H3/b11-10-. The van der Waals surface area contributed by atoms with Crippen LogP contribution in [0.4, 0.5) is 5.69 Å². The van der Waals surface area contributed by atoms with Crippen molar-refractivity contribution in [2.75, 3.05) is 12.4 Å². The topological polar surface area (TPSA) is 38.3 Å². The molecule has 102 valence electrons. The molecule has 0 heterocycles. The summed E-state index contributed by atoms with van der Waals surface area (Å²) in [5, 5.41) is 3.07. The Bertz CT molecular complexity index is 603. The minimum absolute atomic E-state index is 0.0503. The monoisotopic (exact) mass is 379 g/mol. The average Bonchev–Trinajstić information content (AvgIpc) is 2.49. The Kier molecular flexibility index (Phi) is 5.17. The van der Waals surface area contributed by atoms with Crippen LogP contribution in [0.5, 0.6) is 5.75 Å². The lowest BCUT2D eigenvalue weighted by atomic mass is 10.1. The van der Waals surface area contributed by atoms with Crippen LogP contribution in [0, 0.1) is 3.57 Å². The van der Waals surface area contributed by atoms with Crippen LogP contribution in [0.1, 0.15) is 10.4 Å². The van der Waals surface area contributed by atoms with E-state index in [1.165, 1.54) is 9.65 Å². The third-order valence-corrected chi connectivity index (χ3v) is 3.42. The van der Waals surface area contributed by atoms with Crippen molar-refractivity contribution in [2.24, 2.45) is 0 Å². The van der Waals surface area contributed by atoms with Crippen LogP contribution >= 0.6 is 22.6 Å². The number of carbonyl (C=O) groups is 1.